The summed E-state index contributed by atoms with van der Waals surface area (Å²) < 4.78 is 5.59. The maximum Gasteiger partial charge on any atom is 0.335 e. The van der Waals surface area contributed by atoms with E-state index in [2.05, 4.69) is 15.3 Å². The van der Waals surface area contributed by atoms with Crippen LogP contribution in [0.3, 0.4) is 0 Å². The first-order valence-corrected chi connectivity index (χ1v) is 9.47. The number of aromatic nitrogens is 1. The lowest BCUT2D eigenvalue weighted by molar-refractivity contribution is -0.128. The zero-order valence-corrected chi connectivity index (χ0v) is 16.5. The Labute approximate surface area is 181 Å². The minimum absolute atomic E-state index is 0.0281. The van der Waals surface area contributed by atoms with E-state index in [0.717, 1.165) is 10.5 Å². The first-order chi connectivity index (χ1) is 15.4. The van der Waals surface area contributed by atoms with Crippen molar-refractivity contribution in [1.29, 1.82) is 0 Å². The van der Waals surface area contributed by atoms with Crippen LogP contribution in [0.5, 0.6) is 0 Å². The minimum atomic E-state index is -1.06. The number of aromatic carboxylic acids is 1. The van der Waals surface area contributed by atoms with Gasteiger partial charge in [0.25, 0.3) is 17.7 Å². The Morgan fingerprint density at radius 1 is 1.06 bits per heavy atom. The quantitative estimate of drug-likeness (QED) is 0.629. The van der Waals surface area contributed by atoms with Crippen LogP contribution in [0.2, 0.25) is 0 Å². The van der Waals surface area contributed by atoms with Gasteiger partial charge >= 0.3 is 12.0 Å². The van der Waals surface area contributed by atoms with Gasteiger partial charge in [-0.05, 0) is 17.7 Å². The number of imide groups is 1. The van der Waals surface area contributed by atoms with Gasteiger partial charge in [-0.25, -0.2) is 24.5 Å². The van der Waals surface area contributed by atoms with Crippen LogP contribution < -0.4 is 5.32 Å². The fourth-order valence-corrected chi connectivity index (χ4v) is 3.00. The molecule has 4 amide bonds. The lowest BCUT2D eigenvalue weighted by Gasteiger charge is -2.22. The Bertz CT molecular complexity index is 1230. The Kier molecular flexibility index (Phi) is 5.58. The highest BCUT2D eigenvalue weighted by atomic mass is 16.4. The molecule has 0 bridgehead atoms. The molecule has 1 aliphatic heterocycles. The predicted octanol–water partition coefficient (Wildman–Crippen LogP) is 2.11. The van der Waals surface area contributed by atoms with Crippen molar-refractivity contribution < 1.29 is 28.7 Å². The van der Waals surface area contributed by atoms with E-state index < -0.39 is 30.4 Å². The van der Waals surface area contributed by atoms with E-state index in [-0.39, 0.29) is 23.7 Å². The van der Waals surface area contributed by atoms with Crippen LogP contribution in [0.25, 0.3) is 11.3 Å². The lowest BCUT2D eigenvalue weighted by atomic mass is 10.1. The van der Waals surface area contributed by atoms with Crippen molar-refractivity contribution in [3.05, 3.63) is 77.8 Å². The summed E-state index contributed by atoms with van der Waals surface area (Å²) in [6, 6.07) is 14.1. The average Bonchev–Trinajstić information content (AvgIpc) is 3.29. The van der Waals surface area contributed by atoms with Gasteiger partial charge in [-0.1, -0.05) is 42.5 Å². The molecule has 0 spiro atoms. The van der Waals surface area contributed by atoms with Crippen molar-refractivity contribution in [3.8, 4) is 11.3 Å². The third-order valence-corrected chi connectivity index (χ3v) is 4.63. The van der Waals surface area contributed by atoms with Gasteiger partial charge in [0.15, 0.2) is 11.5 Å². The number of hydrogen-bond acceptors (Lipinski definition) is 6. The van der Waals surface area contributed by atoms with Crippen LogP contribution in [0.4, 0.5) is 4.79 Å². The summed E-state index contributed by atoms with van der Waals surface area (Å²) in [7, 11) is 0. The molecular weight excluding hydrogens is 416 g/mol. The summed E-state index contributed by atoms with van der Waals surface area (Å²) in [6.07, 6.45) is 1.41. The third-order valence-electron chi connectivity index (χ3n) is 4.63. The van der Waals surface area contributed by atoms with E-state index in [1.54, 1.807) is 12.1 Å². The van der Waals surface area contributed by atoms with Crippen LogP contribution in [-0.2, 0) is 16.1 Å². The number of carboxylic acids is 1. The number of carbonyl (C=O) groups is 4. The number of carbonyl (C=O) groups excluding carboxylic acids is 3. The van der Waals surface area contributed by atoms with Gasteiger partial charge in [-0.2, -0.15) is 0 Å². The molecule has 2 N–H and O–H groups in total. The van der Waals surface area contributed by atoms with Gasteiger partial charge in [0, 0.05) is 12.1 Å². The van der Waals surface area contributed by atoms with E-state index in [9.17, 15) is 19.2 Å². The fraction of sp³-hybridized carbons (Fsp3) is 0.0909. The highest BCUT2D eigenvalue weighted by Crippen LogP contribution is 2.21. The maximum atomic E-state index is 12.8. The van der Waals surface area contributed by atoms with Gasteiger partial charge in [0.2, 0.25) is 0 Å². The second kappa shape index (κ2) is 8.64. The number of benzene rings is 2. The molecule has 0 radical (unpaired) electrons. The van der Waals surface area contributed by atoms with Crippen molar-refractivity contribution in [2.45, 2.75) is 6.54 Å². The van der Waals surface area contributed by atoms with Crippen LogP contribution >= 0.6 is 0 Å². The molecule has 0 fully saturated rings. The molecule has 0 unspecified atom stereocenters. The molecule has 32 heavy (non-hydrogen) atoms. The first-order valence-electron chi connectivity index (χ1n) is 9.47. The monoisotopic (exact) mass is 432 g/mol. The zero-order chi connectivity index (χ0) is 22.7. The van der Waals surface area contributed by atoms with Crippen molar-refractivity contribution in [2.75, 3.05) is 6.54 Å². The summed E-state index contributed by atoms with van der Waals surface area (Å²) in [4.78, 5) is 56.8. The van der Waals surface area contributed by atoms with Gasteiger partial charge in [0.05, 0.1) is 11.8 Å². The second-order valence-corrected chi connectivity index (χ2v) is 6.80. The van der Waals surface area contributed by atoms with Crippen molar-refractivity contribution >= 4 is 29.5 Å². The van der Waals surface area contributed by atoms with E-state index in [4.69, 9.17) is 9.52 Å². The highest BCUT2D eigenvalue weighted by molar-refractivity contribution is 6.48. The van der Waals surface area contributed by atoms with E-state index >= 15 is 0 Å². The second-order valence-electron chi connectivity index (χ2n) is 6.80. The molecule has 2 heterocycles. The maximum absolute atomic E-state index is 12.8. The molecule has 4 rings (SSSR count). The van der Waals surface area contributed by atoms with Crippen molar-refractivity contribution in [2.24, 2.45) is 4.99 Å². The van der Waals surface area contributed by atoms with E-state index in [1.165, 1.54) is 30.5 Å². The molecule has 1 aliphatic rings. The Hall–Kier alpha value is -4.60. The molecule has 1 aromatic heterocycles. The summed E-state index contributed by atoms with van der Waals surface area (Å²) in [5, 5.41) is 11.5. The fourth-order valence-electron chi connectivity index (χ4n) is 3.00. The highest BCUT2D eigenvalue weighted by Gasteiger charge is 2.35. The molecule has 10 nitrogen and oxygen atoms in total. The smallest absolute Gasteiger partial charge is 0.335 e. The number of aliphatic imine (C=N–C) groups is 1. The van der Waals surface area contributed by atoms with Gasteiger partial charge in [-0.15, -0.1) is 0 Å². The number of oxazole rings is 1. The van der Waals surface area contributed by atoms with Crippen molar-refractivity contribution in [1.82, 2.24) is 15.2 Å². The summed E-state index contributed by atoms with van der Waals surface area (Å²) in [5.41, 5.74) is 1.10. The standard InChI is InChI=1S/C22H16N4O6/c27-17-12-26(22(31)24-10-13-6-8-15(9-7-13)21(29)30)20(28)18(25-17)19-23-11-16(32-19)14-4-2-1-3-5-14/h1-9,11H,10,12H2,(H,24,31)(H,29,30). The topological polar surface area (TPSA) is 142 Å². The average molecular weight is 432 g/mol. The van der Waals surface area contributed by atoms with Crippen molar-refractivity contribution in [3.63, 3.8) is 0 Å². The number of carboxylic acid groups (broad SMARTS) is 1. The number of nitrogens with zero attached hydrogens (tertiary/aromatic N) is 3. The number of rotatable bonds is 5. The first kappa shape index (κ1) is 20.7. The van der Waals surface area contributed by atoms with Crippen LogP contribution in [-0.4, -0.2) is 51.1 Å². The number of hydrogen-bond donors (Lipinski definition) is 2. The SMILES string of the molecule is O=C1CN(C(=O)NCc2ccc(C(=O)O)cc2)C(=O)C(c2ncc(-c3ccccc3)o2)=N1. The molecule has 0 atom stereocenters. The number of urea groups is 1. The number of nitrogens with one attached hydrogen (secondary N) is 1. The van der Waals surface area contributed by atoms with Crippen LogP contribution in [0.1, 0.15) is 21.8 Å². The third kappa shape index (κ3) is 4.29. The normalized spacial score (nSPS) is 13.6. The predicted molar refractivity (Wildman–Crippen MR) is 111 cm³/mol. The molecular formula is C22H16N4O6. The molecule has 160 valence electrons. The molecule has 3 aromatic rings. The van der Waals surface area contributed by atoms with Gasteiger partial charge < -0.3 is 14.8 Å². The Morgan fingerprint density at radius 3 is 2.47 bits per heavy atom. The van der Waals surface area contributed by atoms with E-state index in [1.807, 2.05) is 18.2 Å². The molecule has 2 aromatic carbocycles. The van der Waals surface area contributed by atoms with Crippen LogP contribution in [0.15, 0.2) is 70.2 Å². The molecule has 0 saturated heterocycles. The minimum Gasteiger partial charge on any atom is -0.478 e. The summed E-state index contributed by atoms with van der Waals surface area (Å²) in [5.74, 6) is -2.35. The van der Waals surface area contributed by atoms with Crippen LogP contribution in [0, 0.1) is 0 Å². The molecule has 0 saturated carbocycles. The molecule has 0 aliphatic carbocycles. The zero-order valence-electron chi connectivity index (χ0n) is 16.5. The Morgan fingerprint density at radius 2 is 1.78 bits per heavy atom. The largest absolute Gasteiger partial charge is 0.478 e. The Balaban J connectivity index is 1.47. The lowest BCUT2D eigenvalue weighted by Crippen LogP contribution is -2.51. The summed E-state index contributed by atoms with van der Waals surface area (Å²) in [6.45, 7) is -0.487. The van der Waals surface area contributed by atoms with Gasteiger partial charge in [-0.3, -0.25) is 9.59 Å². The van der Waals surface area contributed by atoms with Gasteiger partial charge in [0.1, 0.15) is 6.54 Å². The number of amides is 4. The summed E-state index contributed by atoms with van der Waals surface area (Å²) >= 11 is 0. The van der Waals surface area contributed by atoms with E-state index in [0.29, 0.717) is 11.3 Å². The molecule has 10 heteroatoms.